The number of likely N-dealkylation sites (tertiary alicyclic amines) is 1. The van der Waals surface area contributed by atoms with Gasteiger partial charge in [0.15, 0.2) is 0 Å². The highest BCUT2D eigenvalue weighted by molar-refractivity contribution is 8.01. The van der Waals surface area contributed by atoms with E-state index >= 15 is 0 Å². The van der Waals surface area contributed by atoms with Crippen LogP contribution < -0.4 is 0 Å². The van der Waals surface area contributed by atoms with Crippen LogP contribution in [0, 0.1) is 6.92 Å². The van der Waals surface area contributed by atoms with E-state index in [0.29, 0.717) is 12.3 Å². The minimum atomic E-state index is 0.0279. The Morgan fingerprint density at radius 2 is 2.20 bits per heavy atom. The molecule has 130 valence electrons. The Kier molecular flexibility index (Phi) is 4.48. The van der Waals surface area contributed by atoms with Crippen LogP contribution in [0.15, 0.2) is 42.6 Å². The average Bonchev–Trinajstić information content (AvgIpc) is 3.04. The summed E-state index contributed by atoms with van der Waals surface area (Å²) in [6, 6.07) is 11.5. The molecule has 2 fully saturated rings. The Labute approximate surface area is 151 Å². The molecule has 0 aromatic carbocycles. The Hall–Kier alpha value is -1.92. The number of aryl methyl sites for hydroxylation is 1. The van der Waals surface area contributed by atoms with Crippen molar-refractivity contribution in [1.82, 2.24) is 14.9 Å². The quantitative estimate of drug-likeness (QED) is 0.844. The van der Waals surface area contributed by atoms with Gasteiger partial charge >= 0.3 is 0 Å². The molecule has 0 unspecified atom stereocenters. The van der Waals surface area contributed by atoms with Crippen molar-refractivity contribution in [3.63, 3.8) is 0 Å². The van der Waals surface area contributed by atoms with E-state index in [1.54, 1.807) is 12.3 Å². The fourth-order valence-corrected chi connectivity index (χ4v) is 5.01. The third-order valence-electron chi connectivity index (χ3n) is 4.72. The molecule has 0 radical (unpaired) electrons. The number of rotatable bonds is 4. The van der Waals surface area contributed by atoms with E-state index in [1.165, 1.54) is 0 Å². The van der Waals surface area contributed by atoms with Crippen molar-refractivity contribution in [3.8, 4) is 0 Å². The molecule has 2 saturated heterocycles. The Balaban J connectivity index is 1.28. The summed E-state index contributed by atoms with van der Waals surface area (Å²) in [5, 5.41) is 0. The Bertz CT molecular complexity index is 762. The zero-order valence-corrected chi connectivity index (χ0v) is 15.0. The highest BCUT2D eigenvalue weighted by Gasteiger charge is 2.51. The lowest BCUT2D eigenvalue weighted by Gasteiger charge is -2.47. The third kappa shape index (κ3) is 3.55. The molecule has 25 heavy (non-hydrogen) atoms. The second-order valence-corrected chi connectivity index (χ2v) is 8.27. The molecular formula is C19H21N3O2S. The van der Waals surface area contributed by atoms with Crippen molar-refractivity contribution in [2.45, 2.75) is 30.8 Å². The summed E-state index contributed by atoms with van der Waals surface area (Å²) in [7, 11) is 0. The number of hydrogen-bond acceptors (Lipinski definition) is 5. The second kappa shape index (κ2) is 6.77. The van der Waals surface area contributed by atoms with E-state index in [1.807, 2.05) is 53.9 Å². The number of carbonyl (C=O) groups is 1. The number of hydrogen-bond donors (Lipinski definition) is 0. The van der Waals surface area contributed by atoms with Crippen molar-refractivity contribution in [2.24, 2.45) is 0 Å². The Morgan fingerprint density at radius 3 is 2.96 bits per heavy atom. The normalized spacial score (nSPS) is 21.3. The molecule has 6 heteroatoms. The Morgan fingerprint density at radius 1 is 1.32 bits per heavy atom. The molecule has 5 nitrogen and oxygen atoms in total. The highest BCUT2D eigenvalue weighted by Crippen LogP contribution is 2.46. The monoisotopic (exact) mass is 355 g/mol. The molecule has 4 rings (SSSR count). The lowest BCUT2D eigenvalue weighted by molar-refractivity contribution is 0.0242. The van der Waals surface area contributed by atoms with Crippen LogP contribution in [0.1, 0.15) is 28.3 Å². The summed E-state index contributed by atoms with van der Waals surface area (Å²) in [4.78, 5) is 22.9. The van der Waals surface area contributed by atoms with Crippen LogP contribution in [-0.4, -0.2) is 50.5 Å². The smallest absolute Gasteiger partial charge is 0.272 e. The zero-order valence-electron chi connectivity index (χ0n) is 14.2. The molecule has 0 N–H and O–H groups in total. The third-order valence-corrected chi connectivity index (χ3v) is 6.29. The summed E-state index contributed by atoms with van der Waals surface area (Å²) < 4.78 is 6.22. The largest absolute Gasteiger partial charge is 0.371 e. The number of amides is 1. The van der Waals surface area contributed by atoms with Gasteiger partial charge in [-0.1, -0.05) is 12.1 Å². The lowest BCUT2D eigenvalue weighted by Crippen LogP contribution is -2.60. The summed E-state index contributed by atoms with van der Waals surface area (Å²) in [6.07, 6.45) is 2.89. The summed E-state index contributed by atoms with van der Waals surface area (Å²) in [6.45, 7) is 4.12. The van der Waals surface area contributed by atoms with Crippen LogP contribution in [0.5, 0.6) is 0 Å². The van der Waals surface area contributed by atoms with Crippen molar-refractivity contribution in [1.29, 1.82) is 0 Å². The van der Waals surface area contributed by atoms with Crippen LogP contribution in [-0.2, 0) is 11.3 Å². The van der Waals surface area contributed by atoms with E-state index in [-0.39, 0.29) is 16.8 Å². The fourth-order valence-electron chi connectivity index (χ4n) is 3.46. The van der Waals surface area contributed by atoms with Crippen LogP contribution in [0.3, 0.4) is 0 Å². The van der Waals surface area contributed by atoms with Gasteiger partial charge in [0, 0.05) is 30.7 Å². The van der Waals surface area contributed by atoms with Gasteiger partial charge in [-0.25, -0.2) is 0 Å². The summed E-state index contributed by atoms with van der Waals surface area (Å²) in [5.74, 6) is 1.01. The number of ether oxygens (including phenoxy) is 1. The molecule has 1 amide bonds. The van der Waals surface area contributed by atoms with E-state index < -0.39 is 0 Å². The van der Waals surface area contributed by atoms with Gasteiger partial charge in [-0.2, -0.15) is 0 Å². The molecule has 4 heterocycles. The predicted molar refractivity (Wildman–Crippen MR) is 97.5 cm³/mol. The van der Waals surface area contributed by atoms with Gasteiger partial charge in [-0.05, 0) is 37.6 Å². The standard InChI is InChI=1S/C19H21N3O2S/c1-14-5-4-6-15(21-14)10-24-16-9-19(25-11-16)12-22(13-19)18(23)17-7-2-3-8-20-17/h2-8,16H,9-13H2,1H3/t16-/m0/s1. The molecule has 1 atom stereocenters. The highest BCUT2D eigenvalue weighted by atomic mass is 32.2. The summed E-state index contributed by atoms with van der Waals surface area (Å²) >= 11 is 1.93. The first-order chi connectivity index (χ1) is 12.1. The van der Waals surface area contributed by atoms with Gasteiger partial charge in [0.25, 0.3) is 5.91 Å². The van der Waals surface area contributed by atoms with E-state index in [4.69, 9.17) is 4.74 Å². The average molecular weight is 355 g/mol. The van der Waals surface area contributed by atoms with E-state index in [9.17, 15) is 4.79 Å². The minimum absolute atomic E-state index is 0.0279. The van der Waals surface area contributed by atoms with Gasteiger partial charge in [-0.15, -0.1) is 11.8 Å². The van der Waals surface area contributed by atoms with Crippen LogP contribution in [0.4, 0.5) is 0 Å². The maximum absolute atomic E-state index is 12.4. The molecule has 2 aliphatic rings. The SMILES string of the molecule is Cc1cccc(CO[C@@H]2CSC3(C2)CN(C(=O)c2ccccn2)C3)n1. The maximum Gasteiger partial charge on any atom is 0.272 e. The van der Waals surface area contributed by atoms with Gasteiger partial charge in [-0.3, -0.25) is 14.8 Å². The number of aromatic nitrogens is 2. The predicted octanol–water partition coefficient (Wildman–Crippen LogP) is 2.70. The van der Waals surface area contributed by atoms with Crippen molar-refractivity contribution < 1.29 is 9.53 Å². The van der Waals surface area contributed by atoms with Crippen molar-refractivity contribution in [2.75, 3.05) is 18.8 Å². The summed E-state index contributed by atoms with van der Waals surface area (Å²) in [5.41, 5.74) is 2.52. The van der Waals surface area contributed by atoms with Gasteiger partial charge in [0.1, 0.15) is 5.69 Å². The molecule has 0 saturated carbocycles. The zero-order chi connectivity index (χ0) is 17.3. The second-order valence-electron chi connectivity index (χ2n) is 6.78. The maximum atomic E-state index is 12.4. The van der Waals surface area contributed by atoms with E-state index in [0.717, 1.165) is 36.7 Å². The van der Waals surface area contributed by atoms with Gasteiger partial charge in [0.2, 0.25) is 0 Å². The lowest BCUT2D eigenvalue weighted by atomic mass is 9.92. The number of carbonyl (C=O) groups excluding carboxylic acids is 1. The van der Waals surface area contributed by atoms with Gasteiger partial charge < -0.3 is 9.64 Å². The first-order valence-electron chi connectivity index (χ1n) is 8.52. The molecule has 0 aliphatic carbocycles. The van der Waals surface area contributed by atoms with Crippen LogP contribution in [0.2, 0.25) is 0 Å². The molecule has 2 aromatic heterocycles. The number of nitrogens with zero attached hydrogens (tertiary/aromatic N) is 3. The number of thioether (sulfide) groups is 1. The van der Waals surface area contributed by atoms with Crippen LogP contribution in [0.25, 0.3) is 0 Å². The van der Waals surface area contributed by atoms with Crippen molar-refractivity contribution in [3.05, 3.63) is 59.7 Å². The fraction of sp³-hybridized carbons (Fsp3) is 0.421. The number of pyridine rings is 2. The molecular weight excluding hydrogens is 334 g/mol. The topological polar surface area (TPSA) is 55.3 Å². The molecule has 2 aromatic rings. The van der Waals surface area contributed by atoms with Crippen molar-refractivity contribution >= 4 is 17.7 Å². The molecule has 0 bridgehead atoms. The molecule has 1 spiro atoms. The minimum Gasteiger partial charge on any atom is -0.371 e. The first kappa shape index (κ1) is 16.5. The van der Waals surface area contributed by atoms with E-state index in [2.05, 4.69) is 9.97 Å². The molecule has 2 aliphatic heterocycles. The first-order valence-corrected chi connectivity index (χ1v) is 9.51. The van der Waals surface area contributed by atoms with Gasteiger partial charge in [0.05, 0.1) is 23.2 Å². The van der Waals surface area contributed by atoms with Crippen LogP contribution >= 0.6 is 11.8 Å².